The molecule has 0 spiro atoms. The average molecular weight is 314 g/mol. The fraction of sp³-hybridized carbons (Fsp3) is 0.182. The largest absolute Gasteiger partial charge is 0.507 e. The van der Waals surface area contributed by atoms with E-state index >= 15 is 0 Å². The molecule has 1 aromatic carbocycles. The Hall–Kier alpha value is -2.46. The fourth-order valence-corrected chi connectivity index (χ4v) is 3.16. The molecule has 21 heavy (non-hydrogen) atoms. The van der Waals surface area contributed by atoms with Crippen molar-refractivity contribution in [3.63, 3.8) is 0 Å². The molecule has 1 aliphatic rings. The molecule has 2 amide bonds. The molecule has 2 rings (SSSR count). The maximum Gasteiger partial charge on any atom is 0.339 e. The van der Waals surface area contributed by atoms with E-state index in [-0.39, 0.29) is 0 Å². The number of hydrogen-bond acceptors (Lipinski definition) is 6. The first-order valence-corrected chi connectivity index (χ1v) is 7.05. The van der Waals surface area contributed by atoms with Crippen LogP contribution in [0.2, 0.25) is 0 Å². The normalized spacial score (nSPS) is 16.6. The summed E-state index contributed by atoms with van der Waals surface area (Å²) in [5.41, 5.74) is -0.594. The Morgan fingerprint density at radius 3 is 2.29 bits per heavy atom. The smallest absolute Gasteiger partial charge is 0.339 e. The zero-order chi connectivity index (χ0) is 15.8. The Morgan fingerprint density at radius 1 is 1.19 bits per heavy atom. The Bertz CT molecular complexity index is 725. The first-order valence-electron chi connectivity index (χ1n) is 5.61. The van der Waals surface area contributed by atoms with E-state index in [1.54, 1.807) is 0 Å². The summed E-state index contributed by atoms with van der Waals surface area (Å²) >= 11 is 0. The lowest BCUT2D eigenvalue weighted by molar-refractivity contribution is -0.134. The summed E-state index contributed by atoms with van der Waals surface area (Å²) in [6, 6.07) is 2.68. The highest BCUT2D eigenvalue weighted by molar-refractivity contribution is 7.89. The van der Waals surface area contributed by atoms with Gasteiger partial charge in [-0.1, -0.05) is 0 Å². The van der Waals surface area contributed by atoms with Crippen LogP contribution in [0.1, 0.15) is 10.4 Å². The van der Waals surface area contributed by atoms with E-state index in [0.29, 0.717) is 4.31 Å². The third-order valence-electron chi connectivity index (χ3n) is 2.75. The summed E-state index contributed by atoms with van der Waals surface area (Å²) in [4.78, 5) is 32.9. The number of carbonyl (C=O) groups excluding carboxylic acids is 2. The van der Waals surface area contributed by atoms with Gasteiger partial charge < -0.3 is 10.2 Å². The molecule has 1 heterocycles. The maximum absolute atomic E-state index is 12.3. The van der Waals surface area contributed by atoms with Gasteiger partial charge in [-0.05, 0) is 18.2 Å². The average Bonchev–Trinajstić information content (AvgIpc) is 2.37. The number of sulfonamides is 1. The Balaban J connectivity index is 2.44. The number of carboxylic acids is 1. The molecule has 0 aliphatic carbocycles. The molecule has 0 saturated carbocycles. The van der Waals surface area contributed by atoms with Crippen LogP contribution in [-0.2, 0) is 19.6 Å². The molecule has 0 aromatic heterocycles. The minimum Gasteiger partial charge on any atom is -0.507 e. The topological polar surface area (TPSA) is 141 Å². The molecule has 0 unspecified atom stereocenters. The summed E-state index contributed by atoms with van der Waals surface area (Å²) in [5, 5.41) is 20.2. The number of carboxylic acid groups (broad SMARTS) is 1. The van der Waals surface area contributed by atoms with Gasteiger partial charge in [0.15, 0.2) is 0 Å². The summed E-state index contributed by atoms with van der Waals surface area (Å²) in [6.07, 6.45) is 0. The second kappa shape index (κ2) is 5.14. The predicted octanol–water partition coefficient (Wildman–Crippen LogP) is -1.26. The first-order chi connectivity index (χ1) is 9.71. The van der Waals surface area contributed by atoms with Crippen LogP contribution in [0.25, 0.3) is 0 Å². The number of piperazine rings is 1. The van der Waals surface area contributed by atoms with Gasteiger partial charge in [-0.3, -0.25) is 14.9 Å². The zero-order valence-corrected chi connectivity index (χ0v) is 11.3. The molecule has 1 aromatic rings. The summed E-state index contributed by atoms with van der Waals surface area (Å²) < 4.78 is 25.2. The van der Waals surface area contributed by atoms with Crippen LogP contribution in [0.3, 0.4) is 0 Å². The van der Waals surface area contributed by atoms with Gasteiger partial charge in [-0.2, -0.15) is 4.31 Å². The Morgan fingerprint density at radius 2 is 1.76 bits per heavy atom. The molecule has 1 fully saturated rings. The number of phenols is 1. The van der Waals surface area contributed by atoms with E-state index in [1.807, 2.05) is 5.32 Å². The van der Waals surface area contributed by atoms with Gasteiger partial charge >= 0.3 is 5.97 Å². The molecule has 1 aliphatic heterocycles. The van der Waals surface area contributed by atoms with Gasteiger partial charge in [0.2, 0.25) is 21.8 Å². The molecular weight excluding hydrogens is 304 g/mol. The summed E-state index contributed by atoms with van der Waals surface area (Å²) in [5.74, 6) is -3.63. The van der Waals surface area contributed by atoms with E-state index in [9.17, 15) is 27.9 Å². The second-order valence-corrected chi connectivity index (χ2v) is 6.17. The SMILES string of the molecule is O=C1CN(S(=O)(=O)c2ccc(O)c(C(=O)O)c2)CC(=O)N1. The lowest BCUT2D eigenvalue weighted by atomic mass is 10.2. The molecule has 3 N–H and O–H groups in total. The monoisotopic (exact) mass is 314 g/mol. The van der Waals surface area contributed by atoms with E-state index < -0.39 is 57.1 Å². The lowest BCUT2D eigenvalue weighted by Gasteiger charge is -2.24. The molecule has 0 radical (unpaired) electrons. The number of imide groups is 1. The molecular formula is C11H10N2O7S. The second-order valence-electron chi connectivity index (χ2n) is 4.23. The number of nitrogens with one attached hydrogen (secondary N) is 1. The summed E-state index contributed by atoms with van der Waals surface area (Å²) in [7, 11) is -4.22. The van der Waals surface area contributed by atoms with Gasteiger partial charge in [0.1, 0.15) is 11.3 Å². The van der Waals surface area contributed by atoms with E-state index in [2.05, 4.69) is 0 Å². The number of nitrogens with zero attached hydrogens (tertiary/aromatic N) is 1. The van der Waals surface area contributed by atoms with Gasteiger partial charge in [0.05, 0.1) is 18.0 Å². The Kier molecular flexibility index (Phi) is 3.66. The molecule has 9 nitrogen and oxygen atoms in total. The number of hydrogen-bond donors (Lipinski definition) is 3. The van der Waals surface area contributed by atoms with Crippen LogP contribution in [0.4, 0.5) is 0 Å². The third kappa shape index (κ3) is 2.85. The van der Waals surface area contributed by atoms with Gasteiger partial charge in [-0.15, -0.1) is 0 Å². The zero-order valence-electron chi connectivity index (χ0n) is 10.4. The van der Waals surface area contributed by atoms with Gasteiger partial charge in [0.25, 0.3) is 0 Å². The van der Waals surface area contributed by atoms with Crippen LogP contribution < -0.4 is 5.32 Å². The molecule has 10 heteroatoms. The van der Waals surface area contributed by atoms with Crippen LogP contribution in [0, 0.1) is 0 Å². The number of benzene rings is 1. The molecule has 1 saturated heterocycles. The van der Waals surface area contributed by atoms with Crippen molar-refractivity contribution in [3.05, 3.63) is 23.8 Å². The minimum atomic E-state index is -4.22. The highest BCUT2D eigenvalue weighted by Crippen LogP contribution is 2.24. The summed E-state index contributed by atoms with van der Waals surface area (Å²) in [6.45, 7) is -1.09. The fourth-order valence-electron chi connectivity index (χ4n) is 1.78. The predicted molar refractivity (Wildman–Crippen MR) is 67.0 cm³/mol. The molecule has 0 atom stereocenters. The van der Waals surface area contributed by atoms with Gasteiger partial charge in [-0.25, -0.2) is 13.2 Å². The van der Waals surface area contributed by atoms with Crippen molar-refractivity contribution in [2.75, 3.05) is 13.1 Å². The van der Waals surface area contributed by atoms with Crippen molar-refractivity contribution in [1.82, 2.24) is 9.62 Å². The van der Waals surface area contributed by atoms with Crippen LogP contribution >= 0.6 is 0 Å². The third-order valence-corrected chi connectivity index (χ3v) is 4.54. The van der Waals surface area contributed by atoms with E-state index in [1.165, 1.54) is 0 Å². The van der Waals surface area contributed by atoms with Crippen molar-refractivity contribution in [2.45, 2.75) is 4.90 Å². The van der Waals surface area contributed by atoms with Crippen molar-refractivity contribution < 1.29 is 33.0 Å². The van der Waals surface area contributed by atoms with Crippen LogP contribution in [0.15, 0.2) is 23.1 Å². The number of rotatable bonds is 3. The van der Waals surface area contributed by atoms with Crippen LogP contribution in [-0.4, -0.2) is 53.8 Å². The van der Waals surface area contributed by atoms with Crippen LogP contribution in [0.5, 0.6) is 5.75 Å². The Labute approximate surface area is 118 Å². The van der Waals surface area contributed by atoms with E-state index in [0.717, 1.165) is 18.2 Å². The lowest BCUT2D eigenvalue weighted by Crippen LogP contribution is -2.53. The number of aromatic hydroxyl groups is 1. The molecule has 0 bridgehead atoms. The highest BCUT2D eigenvalue weighted by atomic mass is 32.2. The van der Waals surface area contributed by atoms with Crippen molar-refractivity contribution >= 4 is 27.8 Å². The van der Waals surface area contributed by atoms with Gasteiger partial charge in [0, 0.05) is 0 Å². The maximum atomic E-state index is 12.3. The van der Waals surface area contributed by atoms with Crippen molar-refractivity contribution in [3.8, 4) is 5.75 Å². The minimum absolute atomic E-state index is 0.430. The van der Waals surface area contributed by atoms with Crippen molar-refractivity contribution in [2.24, 2.45) is 0 Å². The van der Waals surface area contributed by atoms with Crippen molar-refractivity contribution in [1.29, 1.82) is 0 Å². The number of amides is 2. The molecule has 112 valence electrons. The number of aromatic carboxylic acids is 1. The first kappa shape index (κ1) is 14.9. The quantitative estimate of drug-likeness (QED) is 0.591. The van der Waals surface area contributed by atoms with E-state index in [4.69, 9.17) is 5.11 Å². The highest BCUT2D eigenvalue weighted by Gasteiger charge is 2.33. The number of carbonyl (C=O) groups is 3. The standard InChI is InChI=1S/C11H10N2O7S/c14-8-2-1-6(3-7(8)11(17)18)21(19,20)13-4-9(15)12-10(16)5-13/h1-3,14H,4-5H2,(H,17,18)(H,12,15,16).